The van der Waals surface area contributed by atoms with Gasteiger partial charge in [0.1, 0.15) is 0 Å². The van der Waals surface area contributed by atoms with Gasteiger partial charge in [-0.25, -0.2) is 0 Å². The van der Waals surface area contributed by atoms with Crippen molar-refractivity contribution < 1.29 is 5.11 Å². The molecule has 0 saturated carbocycles. The molecule has 1 aliphatic carbocycles. The van der Waals surface area contributed by atoms with Gasteiger partial charge >= 0.3 is 0 Å². The van der Waals surface area contributed by atoms with E-state index in [-0.39, 0.29) is 0 Å². The highest BCUT2D eigenvalue weighted by molar-refractivity contribution is 9.11. The van der Waals surface area contributed by atoms with Crippen molar-refractivity contribution in [3.8, 4) is 0 Å². The van der Waals surface area contributed by atoms with Crippen LogP contribution in [0.4, 0.5) is 0 Å². The fourth-order valence-corrected chi connectivity index (χ4v) is 4.07. The minimum absolute atomic E-state index is 0.307. The molecular weight excluding hydrogens is 286 g/mol. The molecule has 0 aromatic carbocycles. The summed E-state index contributed by atoms with van der Waals surface area (Å²) in [5, 5.41) is 12.3. The van der Waals surface area contributed by atoms with Gasteiger partial charge in [-0.1, -0.05) is 0 Å². The van der Waals surface area contributed by atoms with Crippen LogP contribution in [0.1, 0.15) is 42.2 Å². The molecule has 0 bridgehead atoms. The predicted octanol–water partition coefficient (Wildman–Crippen LogP) is 3.25. The van der Waals surface area contributed by atoms with Crippen LogP contribution in [-0.2, 0) is 6.42 Å². The van der Waals surface area contributed by atoms with E-state index in [2.05, 4.69) is 27.3 Å². The number of thiophene rings is 1. The molecule has 1 aromatic heterocycles. The van der Waals surface area contributed by atoms with E-state index in [4.69, 9.17) is 5.11 Å². The van der Waals surface area contributed by atoms with Gasteiger partial charge < -0.3 is 10.4 Å². The normalized spacial score (nSPS) is 19.8. The summed E-state index contributed by atoms with van der Waals surface area (Å²) < 4.78 is 1.25. The Hall–Kier alpha value is 0.100. The molecule has 2 rings (SSSR count). The smallest absolute Gasteiger partial charge is 0.0704 e. The lowest BCUT2D eigenvalue weighted by molar-refractivity contribution is 0.282. The van der Waals surface area contributed by atoms with E-state index in [1.165, 1.54) is 33.5 Å². The van der Waals surface area contributed by atoms with Crippen LogP contribution in [0.3, 0.4) is 0 Å². The molecule has 1 aromatic rings. The maximum Gasteiger partial charge on any atom is 0.0704 e. The average molecular weight is 304 g/mol. The lowest BCUT2D eigenvalue weighted by atomic mass is 9.94. The molecule has 4 heteroatoms. The second-order valence-corrected chi connectivity index (χ2v) is 6.77. The van der Waals surface area contributed by atoms with Crippen molar-refractivity contribution in [1.29, 1.82) is 0 Å². The van der Waals surface area contributed by atoms with Crippen molar-refractivity contribution in [2.45, 2.75) is 38.1 Å². The van der Waals surface area contributed by atoms with Gasteiger partial charge in [0.2, 0.25) is 0 Å². The van der Waals surface area contributed by atoms with E-state index >= 15 is 0 Å². The van der Waals surface area contributed by atoms with Gasteiger partial charge in [0.25, 0.3) is 0 Å². The minimum atomic E-state index is 0.307. The number of hydrogen-bond acceptors (Lipinski definition) is 3. The van der Waals surface area contributed by atoms with Crippen LogP contribution in [0.15, 0.2) is 9.85 Å². The lowest BCUT2D eigenvalue weighted by Gasteiger charge is -2.23. The number of aryl methyl sites for hydroxylation is 1. The van der Waals surface area contributed by atoms with Crippen LogP contribution >= 0.6 is 27.3 Å². The van der Waals surface area contributed by atoms with Crippen molar-refractivity contribution >= 4 is 27.3 Å². The highest BCUT2D eigenvalue weighted by atomic mass is 79.9. The summed E-state index contributed by atoms with van der Waals surface area (Å²) in [6, 6.07) is 2.80. The van der Waals surface area contributed by atoms with Crippen molar-refractivity contribution in [3.63, 3.8) is 0 Å². The topological polar surface area (TPSA) is 32.3 Å². The summed E-state index contributed by atoms with van der Waals surface area (Å²) >= 11 is 5.44. The van der Waals surface area contributed by atoms with Crippen LogP contribution in [0.25, 0.3) is 0 Å². The summed E-state index contributed by atoms with van der Waals surface area (Å²) in [4.78, 5) is 1.54. The van der Waals surface area contributed by atoms with Gasteiger partial charge in [-0.3, -0.25) is 0 Å². The van der Waals surface area contributed by atoms with Crippen LogP contribution in [0.2, 0.25) is 0 Å². The Morgan fingerprint density at radius 3 is 3.19 bits per heavy atom. The number of fused-ring (bicyclic) bond motifs is 1. The molecule has 16 heavy (non-hydrogen) atoms. The lowest BCUT2D eigenvalue weighted by Crippen LogP contribution is -2.25. The Bertz CT molecular complexity index is 340. The third-order valence-electron chi connectivity index (χ3n) is 3.06. The second kappa shape index (κ2) is 6.15. The van der Waals surface area contributed by atoms with Gasteiger partial charge in [-0.2, -0.15) is 0 Å². The van der Waals surface area contributed by atoms with Crippen molar-refractivity contribution in [1.82, 2.24) is 5.32 Å². The molecule has 1 heterocycles. The number of halogens is 1. The number of aliphatic hydroxyl groups is 1. The molecule has 1 aliphatic rings. The van der Waals surface area contributed by atoms with Gasteiger partial charge in [-0.15, -0.1) is 11.3 Å². The minimum Gasteiger partial charge on any atom is -0.396 e. The SMILES string of the molecule is OCCCCNC1CCCc2sc(Br)cc21. The Kier molecular flexibility index (Phi) is 4.82. The zero-order valence-electron chi connectivity index (χ0n) is 9.34. The molecule has 0 radical (unpaired) electrons. The van der Waals surface area contributed by atoms with Crippen LogP contribution in [-0.4, -0.2) is 18.3 Å². The molecule has 0 spiro atoms. The van der Waals surface area contributed by atoms with Gasteiger partial charge in [0.15, 0.2) is 0 Å². The second-order valence-electron chi connectivity index (χ2n) is 4.26. The van der Waals surface area contributed by atoms with E-state index in [1.807, 2.05) is 11.3 Å². The van der Waals surface area contributed by atoms with E-state index in [0.717, 1.165) is 19.4 Å². The Morgan fingerprint density at radius 2 is 2.38 bits per heavy atom. The highest BCUT2D eigenvalue weighted by Crippen LogP contribution is 2.37. The quantitative estimate of drug-likeness (QED) is 0.819. The molecule has 2 N–H and O–H groups in total. The first-order valence-electron chi connectivity index (χ1n) is 5.93. The maximum absolute atomic E-state index is 8.73. The van der Waals surface area contributed by atoms with Gasteiger partial charge in [-0.05, 0) is 66.2 Å². The average Bonchev–Trinajstić information content (AvgIpc) is 2.65. The fourth-order valence-electron chi connectivity index (χ4n) is 2.25. The predicted molar refractivity (Wildman–Crippen MR) is 72.0 cm³/mol. The molecular formula is C12H18BrNOS. The molecule has 0 saturated heterocycles. The Morgan fingerprint density at radius 1 is 1.50 bits per heavy atom. The fraction of sp³-hybridized carbons (Fsp3) is 0.667. The zero-order valence-corrected chi connectivity index (χ0v) is 11.7. The number of rotatable bonds is 5. The first-order valence-corrected chi connectivity index (χ1v) is 7.54. The van der Waals surface area contributed by atoms with Crippen LogP contribution in [0, 0.1) is 0 Å². The summed E-state index contributed by atoms with van der Waals surface area (Å²) in [5.74, 6) is 0. The monoisotopic (exact) mass is 303 g/mol. The molecule has 0 fully saturated rings. The summed E-state index contributed by atoms with van der Waals surface area (Å²) in [5.41, 5.74) is 1.49. The largest absolute Gasteiger partial charge is 0.396 e. The highest BCUT2D eigenvalue weighted by Gasteiger charge is 2.21. The van der Waals surface area contributed by atoms with Crippen molar-refractivity contribution in [3.05, 3.63) is 20.3 Å². The number of hydrogen-bond donors (Lipinski definition) is 2. The van der Waals surface area contributed by atoms with E-state index < -0.39 is 0 Å². The summed E-state index contributed by atoms with van der Waals surface area (Å²) in [6.07, 6.45) is 5.74. The standard InChI is InChI=1S/C12H18BrNOS/c13-12-8-9-10(14-6-1-2-7-15)4-3-5-11(9)16-12/h8,10,14-15H,1-7H2. The van der Waals surface area contributed by atoms with E-state index in [0.29, 0.717) is 12.6 Å². The van der Waals surface area contributed by atoms with Crippen molar-refractivity contribution in [2.24, 2.45) is 0 Å². The van der Waals surface area contributed by atoms with Gasteiger partial charge in [0, 0.05) is 17.5 Å². The number of aliphatic hydroxyl groups excluding tert-OH is 1. The number of nitrogens with one attached hydrogen (secondary N) is 1. The maximum atomic E-state index is 8.73. The van der Waals surface area contributed by atoms with E-state index in [9.17, 15) is 0 Å². The van der Waals surface area contributed by atoms with Crippen LogP contribution in [0.5, 0.6) is 0 Å². The molecule has 0 amide bonds. The third kappa shape index (κ3) is 3.06. The molecule has 90 valence electrons. The summed E-state index contributed by atoms with van der Waals surface area (Å²) in [7, 11) is 0. The zero-order chi connectivity index (χ0) is 11.4. The molecule has 1 atom stereocenters. The molecule has 1 unspecified atom stereocenters. The summed E-state index contributed by atoms with van der Waals surface area (Å²) in [6.45, 7) is 1.32. The number of unbranched alkanes of at least 4 members (excludes halogenated alkanes) is 1. The Balaban J connectivity index is 1.91. The molecule has 0 aliphatic heterocycles. The third-order valence-corrected chi connectivity index (χ3v) is 4.77. The van der Waals surface area contributed by atoms with Crippen molar-refractivity contribution in [2.75, 3.05) is 13.2 Å². The van der Waals surface area contributed by atoms with Crippen LogP contribution < -0.4 is 5.32 Å². The Labute approximate surface area is 109 Å². The first-order chi connectivity index (χ1) is 7.81. The molecule has 2 nitrogen and oxygen atoms in total. The van der Waals surface area contributed by atoms with Gasteiger partial charge in [0.05, 0.1) is 3.79 Å². The van der Waals surface area contributed by atoms with E-state index in [1.54, 1.807) is 0 Å². The first kappa shape index (κ1) is 12.6.